The number of hydrogen-bond donors (Lipinski definition) is 0. The zero-order chi connectivity index (χ0) is 18.8. The fourth-order valence-corrected chi connectivity index (χ4v) is 3.02. The molecule has 1 aromatic carbocycles. The molecule has 0 N–H and O–H groups in total. The maximum atomic E-state index is 13.1. The maximum absolute atomic E-state index is 13.1. The zero-order valence-electron chi connectivity index (χ0n) is 15.7. The zero-order valence-corrected chi connectivity index (χ0v) is 15.7. The van der Waals surface area contributed by atoms with Crippen LogP contribution in [0.4, 0.5) is 0 Å². The van der Waals surface area contributed by atoms with Crippen LogP contribution in [0.5, 0.6) is 5.75 Å². The molecule has 0 saturated heterocycles. The first-order valence-electron chi connectivity index (χ1n) is 8.54. The molecule has 2 heterocycles. The number of carbonyl (C=O) groups is 1. The fourth-order valence-electron chi connectivity index (χ4n) is 3.02. The monoisotopic (exact) mass is 353 g/mol. The average Bonchev–Trinajstić information content (AvgIpc) is 3.01. The molecule has 0 aliphatic rings. The number of fused-ring (bicyclic) bond motifs is 1. The summed E-state index contributed by atoms with van der Waals surface area (Å²) in [5.74, 6) is 0.760. The Morgan fingerprint density at radius 1 is 1.27 bits per heavy atom. The highest BCUT2D eigenvalue weighted by Gasteiger charge is 2.23. The SMILES string of the molecule is COc1ccc(CC(C)N(C)C(=O)c2cc(C)nc3onc(C)c23)cc1. The highest BCUT2D eigenvalue weighted by Crippen LogP contribution is 2.24. The second kappa shape index (κ2) is 7.15. The third kappa shape index (κ3) is 3.40. The van der Waals surface area contributed by atoms with Gasteiger partial charge in [-0.2, -0.15) is 0 Å². The van der Waals surface area contributed by atoms with Crippen LogP contribution in [-0.2, 0) is 6.42 Å². The maximum Gasteiger partial charge on any atom is 0.258 e. The number of methoxy groups -OCH3 is 1. The third-order valence-corrected chi connectivity index (χ3v) is 4.65. The normalized spacial score (nSPS) is 12.2. The third-order valence-electron chi connectivity index (χ3n) is 4.65. The molecule has 1 amide bonds. The Bertz CT molecular complexity index is 931. The minimum Gasteiger partial charge on any atom is -0.497 e. The van der Waals surface area contributed by atoms with Crippen molar-refractivity contribution in [2.24, 2.45) is 0 Å². The van der Waals surface area contributed by atoms with E-state index in [1.165, 1.54) is 0 Å². The Labute approximate surface area is 152 Å². The van der Waals surface area contributed by atoms with Gasteiger partial charge in [-0.3, -0.25) is 4.79 Å². The number of carbonyl (C=O) groups excluding carboxylic acids is 1. The number of amides is 1. The van der Waals surface area contributed by atoms with Gasteiger partial charge < -0.3 is 14.2 Å². The van der Waals surface area contributed by atoms with E-state index in [0.717, 1.165) is 23.4 Å². The summed E-state index contributed by atoms with van der Waals surface area (Å²) in [6.07, 6.45) is 0.752. The predicted octanol–water partition coefficient (Wildman–Crippen LogP) is 3.55. The van der Waals surface area contributed by atoms with Crippen molar-refractivity contribution in [2.45, 2.75) is 33.2 Å². The molecule has 26 heavy (non-hydrogen) atoms. The molecule has 0 saturated carbocycles. The lowest BCUT2D eigenvalue weighted by atomic mass is 10.0. The number of aryl methyl sites for hydroxylation is 2. The summed E-state index contributed by atoms with van der Waals surface area (Å²) in [6, 6.07) is 9.73. The topological polar surface area (TPSA) is 68.5 Å². The standard InChI is InChI=1S/C20H23N3O3/c1-12-10-17(18-14(3)22-26-19(18)21-12)20(24)23(4)13(2)11-15-6-8-16(25-5)9-7-15/h6-10,13H,11H2,1-5H3. The first kappa shape index (κ1) is 17.9. The Kier molecular flexibility index (Phi) is 4.93. The van der Waals surface area contributed by atoms with Gasteiger partial charge in [0, 0.05) is 18.8 Å². The molecule has 0 aliphatic heterocycles. The summed E-state index contributed by atoms with van der Waals surface area (Å²) in [5.41, 5.74) is 3.54. The van der Waals surface area contributed by atoms with Crippen molar-refractivity contribution in [2.75, 3.05) is 14.2 Å². The van der Waals surface area contributed by atoms with Gasteiger partial charge in [0.15, 0.2) is 0 Å². The van der Waals surface area contributed by atoms with E-state index in [2.05, 4.69) is 10.1 Å². The van der Waals surface area contributed by atoms with E-state index in [4.69, 9.17) is 9.26 Å². The molecular weight excluding hydrogens is 330 g/mol. The molecule has 0 spiro atoms. The molecule has 6 heteroatoms. The van der Waals surface area contributed by atoms with Crippen molar-refractivity contribution < 1.29 is 14.1 Å². The van der Waals surface area contributed by atoms with E-state index in [9.17, 15) is 4.79 Å². The summed E-state index contributed by atoms with van der Waals surface area (Å²) in [5, 5.41) is 4.63. The van der Waals surface area contributed by atoms with Crippen molar-refractivity contribution in [3.05, 3.63) is 52.8 Å². The highest BCUT2D eigenvalue weighted by atomic mass is 16.5. The van der Waals surface area contributed by atoms with Gasteiger partial charge in [0.1, 0.15) is 5.75 Å². The Morgan fingerprint density at radius 2 is 1.96 bits per heavy atom. The summed E-state index contributed by atoms with van der Waals surface area (Å²) >= 11 is 0. The Hall–Kier alpha value is -2.89. The fraction of sp³-hybridized carbons (Fsp3) is 0.350. The van der Waals surface area contributed by atoms with Crippen molar-refractivity contribution in [3.63, 3.8) is 0 Å². The van der Waals surface area contributed by atoms with E-state index in [1.54, 1.807) is 18.1 Å². The number of rotatable bonds is 5. The number of benzene rings is 1. The van der Waals surface area contributed by atoms with Crippen LogP contribution in [0.15, 0.2) is 34.9 Å². The van der Waals surface area contributed by atoms with E-state index >= 15 is 0 Å². The summed E-state index contributed by atoms with van der Waals surface area (Å²) in [6.45, 7) is 5.70. The number of likely N-dealkylation sites (N-methyl/N-ethyl adjacent to an activating group) is 1. The van der Waals surface area contributed by atoms with Gasteiger partial charge in [-0.15, -0.1) is 0 Å². The van der Waals surface area contributed by atoms with E-state index in [-0.39, 0.29) is 11.9 Å². The van der Waals surface area contributed by atoms with Gasteiger partial charge in [0.25, 0.3) is 11.6 Å². The second-order valence-corrected chi connectivity index (χ2v) is 6.58. The lowest BCUT2D eigenvalue weighted by Crippen LogP contribution is -2.36. The van der Waals surface area contributed by atoms with Gasteiger partial charge in [0.05, 0.1) is 23.8 Å². The lowest BCUT2D eigenvalue weighted by Gasteiger charge is -2.25. The smallest absolute Gasteiger partial charge is 0.258 e. The van der Waals surface area contributed by atoms with Crippen LogP contribution in [0.3, 0.4) is 0 Å². The molecule has 1 unspecified atom stereocenters. The molecule has 136 valence electrons. The van der Waals surface area contributed by atoms with Crippen LogP contribution in [0.2, 0.25) is 0 Å². The molecule has 2 aromatic heterocycles. The Balaban J connectivity index is 1.83. The van der Waals surface area contributed by atoms with Gasteiger partial charge in [-0.05, 0) is 51.0 Å². The average molecular weight is 353 g/mol. The number of pyridine rings is 1. The van der Waals surface area contributed by atoms with E-state index in [0.29, 0.717) is 22.4 Å². The summed E-state index contributed by atoms with van der Waals surface area (Å²) < 4.78 is 10.4. The van der Waals surface area contributed by atoms with Gasteiger partial charge in [-0.25, -0.2) is 4.98 Å². The summed E-state index contributed by atoms with van der Waals surface area (Å²) in [7, 11) is 3.47. The highest BCUT2D eigenvalue weighted by molar-refractivity contribution is 6.06. The van der Waals surface area contributed by atoms with Crippen LogP contribution in [0.25, 0.3) is 11.1 Å². The van der Waals surface area contributed by atoms with Crippen molar-refractivity contribution in [3.8, 4) is 5.75 Å². The van der Waals surface area contributed by atoms with E-state index in [1.807, 2.05) is 52.1 Å². The van der Waals surface area contributed by atoms with Gasteiger partial charge >= 0.3 is 0 Å². The van der Waals surface area contributed by atoms with Crippen LogP contribution >= 0.6 is 0 Å². The summed E-state index contributed by atoms with van der Waals surface area (Å²) in [4.78, 5) is 19.2. The number of nitrogens with zero attached hydrogens (tertiary/aromatic N) is 3. The van der Waals surface area contributed by atoms with Crippen LogP contribution in [-0.4, -0.2) is 41.1 Å². The molecule has 3 aromatic rings. The first-order chi connectivity index (χ1) is 12.4. The largest absolute Gasteiger partial charge is 0.497 e. The minimum absolute atomic E-state index is 0.0274. The molecule has 0 fully saturated rings. The van der Waals surface area contributed by atoms with Crippen molar-refractivity contribution >= 4 is 17.0 Å². The van der Waals surface area contributed by atoms with Crippen LogP contribution in [0, 0.1) is 13.8 Å². The molecular formula is C20H23N3O3. The second-order valence-electron chi connectivity index (χ2n) is 6.58. The van der Waals surface area contributed by atoms with Crippen LogP contribution < -0.4 is 4.74 Å². The molecule has 0 bridgehead atoms. The predicted molar refractivity (Wildman–Crippen MR) is 99.5 cm³/mol. The molecule has 1 atom stereocenters. The molecule has 6 nitrogen and oxygen atoms in total. The number of ether oxygens (including phenoxy) is 1. The number of aromatic nitrogens is 2. The molecule has 0 aliphatic carbocycles. The minimum atomic E-state index is -0.0622. The van der Waals surface area contributed by atoms with Gasteiger partial charge in [0.2, 0.25) is 0 Å². The van der Waals surface area contributed by atoms with Gasteiger partial charge in [-0.1, -0.05) is 17.3 Å². The quantitative estimate of drug-likeness (QED) is 0.702. The van der Waals surface area contributed by atoms with E-state index < -0.39 is 0 Å². The molecule has 0 radical (unpaired) electrons. The number of hydrogen-bond acceptors (Lipinski definition) is 5. The molecule has 3 rings (SSSR count). The Morgan fingerprint density at radius 3 is 2.62 bits per heavy atom. The first-order valence-corrected chi connectivity index (χ1v) is 8.54. The van der Waals surface area contributed by atoms with Crippen molar-refractivity contribution in [1.82, 2.24) is 15.0 Å². The lowest BCUT2D eigenvalue weighted by molar-refractivity contribution is 0.0745. The van der Waals surface area contributed by atoms with Crippen molar-refractivity contribution in [1.29, 1.82) is 0 Å². The van der Waals surface area contributed by atoms with Crippen LogP contribution in [0.1, 0.15) is 34.2 Å².